The summed E-state index contributed by atoms with van der Waals surface area (Å²) >= 11 is 5.83. The first-order valence-corrected chi connectivity index (χ1v) is 6.41. The van der Waals surface area contributed by atoms with Gasteiger partial charge in [-0.25, -0.2) is 4.98 Å². The van der Waals surface area contributed by atoms with Crippen LogP contribution in [0.3, 0.4) is 0 Å². The lowest BCUT2D eigenvalue weighted by Crippen LogP contribution is -2.49. The SMILES string of the molecule is N#Cc1ccc(N2CC(Cn3cc(Cl)cn3)C2)nc1. The maximum absolute atomic E-state index is 8.72. The minimum Gasteiger partial charge on any atom is -0.356 e. The fraction of sp³-hybridized carbons (Fsp3) is 0.308. The summed E-state index contributed by atoms with van der Waals surface area (Å²) in [7, 11) is 0. The average Bonchev–Trinajstić information content (AvgIpc) is 2.79. The third-order valence-electron chi connectivity index (χ3n) is 3.21. The molecule has 1 aliphatic rings. The van der Waals surface area contributed by atoms with Crippen molar-refractivity contribution in [2.24, 2.45) is 5.92 Å². The Labute approximate surface area is 116 Å². The molecule has 3 rings (SSSR count). The fourth-order valence-electron chi connectivity index (χ4n) is 2.21. The van der Waals surface area contributed by atoms with Gasteiger partial charge in [0, 0.05) is 37.9 Å². The molecule has 2 aromatic rings. The molecule has 6 heteroatoms. The van der Waals surface area contributed by atoms with E-state index in [1.807, 2.05) is 16.9 Å². The second-order valence-electron chi connectivity index (χ2n) is 4.67. The van der Waals surface area contributed by atoms with E-state index in [0.717, 1.165) is 25.5 Å². The van der Waals surface area contributed by atoms with Gasteiger partial charge < -0.3 is 4.90 Å². The molecule has 0 atom stereocenters. The summed E-state index contributed by atoms with van der Waals surface area (Å²) in [6, 6.07) is 5.75. The molecule has 0 saturated carbocycles. The van der Waals surface area contributed by atoms with Crippen molar-refractivity contribution in [3.63, 3.8) is 0 Å². The van der Waals surface area contributed by atoms with Crippen molar-refractivity contribution in [2.45, 2.75) is 6.54 Å². The number of hydrogen-bond donors (Lipinski definition) is 0. The normalized spacial score (nSPS) is 15.1. The molecule has 1 fully saturated rings. The Morgan fingerprint density at radius 2 is 2.21 bits per heavy atom. The molecule has 0 radical (unpaired) electrons. The first-order chi connectivity index (χ1) is 9.24. The van der Waals surface area contributed by atoms with Crippen LogP contribution in [-0.2, 0) is 6.54 Å². The molecule has 19 heavy (non-hydrogen) atoms. The van der Waals surface area contributed by atoms with Crippen molar-refractivity contribution in [3.05, 3.63) is 41.3 Å². The van der Waals surface area contributed by atoms with Crippen LogP contribution in [-0.4, -0.2) is 27.9 Å². The highest BCUT2D eigenvalue weighted by Crippen LogP contribution is 2.24. The van der Waals surface area contributed by atoms with Crippen molar-refractivity contribution in [1.29, 1.82) is 5.26 Å². The van der Waals surface area contributed by atoms with Crippen LogP contribution in [0.5, 0.6) is 0 Å². The van der Waals surface area contributed by atoms with Crippen molar-refractivity contribution >= 4 is 17.4 Å². The minimum atomic E-state index is 0.563. The number of pyridine rings is 1. The van der Waals surface area contributed by atoms with Gasteiger partial charge in [0.1, 0.15) is 11.9 Å². The van der Waals surface area contributed by atoms with Crippen molar-refractivity contribution in [2.75, 3.05) is 18.0 Å². The maximum atomic E-state index is 8.72. The smallest absolute Gasteiger partial charge is 0.128 e. The Balaban J connectivity index is 1.56. The summed E-state index contributed by atoms with van der Waals surface area (Å²) in [5.74, 6) is 1.49. The first-order valence-electron chi connectivity index (χ1n) is 6.03. The summed E-state index contributed by atoms with van der Waals surface area (Å²) in [6.07, 6.45) is 5.10. The topological polar surface area (TPSA) is 57.7 Å². The summed E-state index contributed by atoms with van der Waals surface area (Å²) in [5.41, 5.74) is 0.590. The van der Waals surface area contributed by atoms with Crippen LogP contribution in [0.4, 0.5) is 5.82 Å². The molecule has 0 spiro atoms. The zero-order valence-electron chi connectivity index (χ0n) is 10.2. The summed E-state index contributed by atoms with van der Waals surface area (Å²) < 4.78 is 1.87. The maximum Gasteiger partial charge on any atom is 0.128 e. The zero-order valence-corrected chi connectivity index (χ0v) is 11.0. The molecule has 0 bridgehead atoms. The molecule has 0 amide bonds. The van der Waals surface area contributed by atoms with E-state index in [1.165, 1.54) is 0 Å². The van der Waals surface area contributed by atoms with E-state index < -0.39 is 0 Å². The first kappa shape index (κ1) is 12.0. The fourth-order valence-corrected chi connectivity index (χ4v) is 2.37. The van der Waals surface area contributed by atoms with Gasteiger partial charge in [-0.15, -0.1) is 0 Å². The highest BCUT2D eigenvalue weighted by atomic mass is 35.5. The van der Waals surface area contributed by atoms with Gasteiger partial charge >= 0.3 is 0 Å². The lowest BCUT2D eigenvalue weighted by Gasteiger charge is -2.40. The molecule has 1 aliphatic heterocycles. The number of nitriles is 1. The monoisotopic (exact) mass is 273 g/mol. The van der Waals surface area contributed by atoms with Gasteiger partial charge in [-0.1, -0.05) is 11.6 Å². The van der Waals surface area contributed by atoms with Crippen LogP contribution in [0.25, 0.3) is 0 Å². The Morgan fingerprint density at radius 1 is 1.37 bits per heavy atom. The lowest BCUT2D eigenvalue weighted by molar-refractivity contribution is 0.340. The predicted molar refractivity (Wildman–Crippen MR) is 71.9 cm³/mol. The van der Waals surface area contributed by atoms with E-state index in [2.05, 4.69) is 21.1 Å². The van der Waals surface area contributed by atoms with Crippen LogP contribution < -0.4 is 4.90 Å². The van der Waals surface area contributed by atoms with E-state index in [-0.39, 0.29) is 0 Å². The molecule has 2 aromatic heterocycles. The third kappa shape index (κ3) is 2.54. The Kier molecular flexibility index (Phi) is 3.10. The van der Waals surface area contributed by atoms with Crippen LogP contribution in [0.1, 0.15) is 5.56 Å². The molecule has 0 aromatic carbocycles. The molecule has 0 aliphatic carbocycles. The molecule has 5 nitrogen and oxygen atoms in total. The number of anilines is 1. The van der Waals surface area contributed by atoms with Crippen LogP contribution in [0.2, 0.25) is 5.02 Å². The Hall–Kier alpha value is -2.06. The summed E-state index contributed by atoms with van der Waals surface area (Å²) in [6.45, 7) is 2.78. The lowest BCUT2D eigenvalue weighted by atomic mass is 10.0. The van der Waals surface area contributed by atoms with Gasteiger partial charge in [0.2, 0.25) is 0 Å². The van der Waals surface area contributed by atoms with Gasteiger partial charge in [-0.05, 0) is 12.1 Å². The van der Waals surface area contributed by atoms with E-state index in [1.54, 1.807) is 18.5 Å². The largest absolute Gasteiger partial charge is 0.356 e. The van der Waals surface area contributed by atoms with Gasteiger partial charge in [-0.3, -0.25) is 4.68 Å². The molecule has 96 valence electrons. The zero-order chi connectivity index (χ0) is 13.2. The van der Waals surface area contributed by atoms with Crippen LogP contribution in [0, 0.1) is 17.2 Å². The highest BCUT2D eigenvalue weighted by molar-refractivity contribution is 6.30. The number of hydrogen-bond acceptors (Lipinski definition) is 4. The van der Waals surface area contributed by atoms with Crippen molar-refractivity contribution in [1.82, 2.24) is 14.8 Å². The van der Waals surface area contributed by atoms with Crippen molar-refractivity contribution < 1.29 is 0 Å². The molecule has 0 N–H and O–H groups in total. The number of halogens is 1. The van der Waals surface area contributed by atoms with Gasteiger partial charge in [0.05, 0.1) is 16.8 Å². The average molecular weight is 274 g/mol. The molecule has 1 saturated heterocycles. The quantitative estimate of drug-likeness (QED) is 0.858. The second-order valence-corrected chi connectivity index (χ2v) is 5.10. The summed E-state index contributed by atoms with van der Waals surface area (Å²) in [4.78, 5) is 6.47. The van der Waals surface area contributed by atoms with E-state index in [0.29, 0.717) is 16.5 Å². The van der Waals surface area contributed by atoms with E-state index in [4.69, 9.17) is 16.9 Å². The Bertz CT molecular complexity index is 607. The standard InChI is InChI=1S/C13H12ClN5/c14-12-5-17-19(9-12)8-11-6-18(7-11)13-2-1-10(3-15)4-16-13/h1-2,4-5,9,11H,6-8H2. The van der Waals surface area contributed by atoms with Gasteiger partial charge in [0.15, 0.2) is 0 Å². The van der Waals surface area contributed by atoms with Gasteiger partial charge in [0.25, 0.3) is 0 Å². The van der Waals surface area contributed by atoms with Crippen LogP contribution >= 0.6 is 11.6 Å². The molecule has 0 unspecified atom stereocenters. The number of rotatable bonds is 3. The Morgan fingerprint density at radius 3 is 2.79 bits per heavy atom. The molecule has 3 heterocycles. The predicted octanol–water partition coefficient (Wildman–Crippen LogP) is 1.94. The minimum absolute atomic E-state index is 0.563. The highest BCUT2D eigenvalue weighted by Gasteiger charge is 2.28. The number of nitrogens with zero attached hydrogens (tertiary/aromatic N) is 5. The van der Waals surface area contributed by atoms with Crippen molar-refractivity contribution in [3.8, 4) is 6.07 Å². The third-order valence-corrected chi connectivity index (χ3v) is 3.40. The summed E-state index contributed by atoms with van der Waals surface area (Å²) in [5, 5.41) is 13.6. The van der Waals surface area contributed by atoms with E-state index >= 15 is 0 Å². The number of aromatic nitrogens is 3. The molecular weight excluding hydrogens is 262 g/mol. The second kappa shape index (κ2) is 4.90. The molecular formula is C13H12ClN5. The van der Waals surface area contributed by atoms with E-state index in [9.17, 15) is 0 Å². The van der Waals surface area contributed by atoms with Gasteiger partial charge in [-0.2, -0.15) is 10.4 Å². The van der Waals surface area contributed by atoms with Crippen LogP contribution in [0.15, 0.2) is 30.7 Å².